The molecule has 192 valence electrons. The molecule has 9 nitrogen and oxygen atoms in total. The van der Waals surface area contributed by atoms with Crippen molar-refractivity contribution >= 4 is 34.7 Å². The van der Waals surface area contributed by atoms with E-state index < -0.39 is 0 Å². The van der Waals surface area contributed by atoms with Gasteiger partial charge in [-0.2, -0.15) is 0 Å². The average Bonchev–Trinajstić information content (AvgIpc) is 3.50. The van der Waals surface area contributed by atoms with E-state index in [1.54, 1.807) is 24.3 Å². The van der Waals surface area contributed by atoms with Crippen molar-refractivity contribution < 1.29 is 19.1 Å². The quantitative estimate of drug-likeness (QED) is 0.528. The molecule has 3 amide bonds. The van der Waals surface area contributed by atoms with Gasteiger partial charge in [0.15, 0.2) is 0 Å². The van der Waals surface area contributed by atoms with Crippen LogP contribution in [-0.4, -0.2) is 64.0 Å². The maximum absolute atomic E-state index is 13.8. The average molecular weight is 502 g/mol. The predicted molar refractivity (Wildman–Crippen MR) is 139 cm³/mol. The first-order valence-corrected chi connectivity index (χ1v) is 13.1. The monoisotopic (exact) mass is 501 g/mol. The number of fused-ring (bicyclic) bond motifs is 5. The first-order valence-electron chi connectivity index (χ1n) is 13.1. The lowest BCUT2D eigenvalue weighted by molar-refractivity contribution is -0.135. The number of hydrogen-bond acceptors (Lipinski definition) is 5. The van der Waals surface area contributed by atoms with E-state index >= 15 is 0 Å². The van der Waals surface area contributed by atoms with Crippen LogP contribution in [0.15, 0.2) is 42.5 Å². The Morgan fingerprint density at radius 3 is 2.62 bits per heavy atom. The van der Waals surface area contributed by atoms with Crippen LogP contribution in [0.4, 0.5) is 5.95 Å². The molecule has 3 aliphatic heterocycles. The van der Waals surface area contributed by atoms with Crippen LogP contribution >= 0.6 is 0 Å². The van der Waals surface area contributed by atoms with Crippen molar-refractivity contribution in [1.29, 1.82) is 0 Å². The van der Waals surface area contributed by atoms with Crippen LogP contribution in [0, 0.1) is 0 Å². The van der Waals surface area contributed by atoms with Crippen LogP contribution in [0.5, 0.6) is 0 Å². The second-order valence-corrected chi connectivity index (χ2v) is 10.4. The number of rotatable bonds is 1. The Bertz CT molecular complexity index is 1390. The van der Waals surface area contributed by atoms with Crippen LogP contribution in [0.25, 0.3) is 11.0 Å². The second kappa shape index (κ2) is 9.30. The number of imidazole rings is 1. The number of benzene rings is 2. The molecule has 3 aromatic rings. The Balaban J connectivity index is 1.41. The molecule has 37 heavy (non-hydrogen) atoms. The second-order valence-electron chi connectivity index (χ2n) is 10.4. The lowest BCUT2D eigenvalue weighted by Gasteiger charge is -2.38. The zero-order valence-corrected chi connectivity index (χ0v) is 21.0. The summed E-state index contributed by atoms with van der Waals surface area (Å²) in [6.45, 7) is 4.68. The normalized spacial score (nSPS) is 24.2. The summed E-state index contributed by atoms with van der Waals surface area (Å²) in [5.41, 5.74) is 2.62. The number of carbonyl (C=O) groups is 3. The van der Waals surface area contributed by atoms with Gasteiger partial charge >= 0.3 is 0 Å². The number of aromatic nitrogens is 2. The molecule has 2 bridgehead atoms. The summed E-state index contributed by atoms with van der Waals surface area (Å²) < 4.78 is 7.82. The third-order valence-electron chi connectivity index (χ3n) is 7.90. The molecule has 0 radical (unpaired) electrons. The van der Waals surface area contributed by atoms with Gasteiger partial charge in [0.2, 0.25) is 5.95 Å². The number of ether oxygens (including phenoxy) is 1. The number of likely N-dealkylation sites (tertiary alicyclic amines) is 1. The van der Waals surface area contributed by atoms with E-state index in [2.05, 4.69) is 17.6 Å². The van der Waals surface area contributed by atoms with Gasteiger partial charge < -0.3 is 19.5 Å². The van der Waals surface area contributed by atoms with Gasteiger partial charge in [-0.15, -0.1) is 0 Å². The fraction of sp³-hybridized carbons (Fsp3) is 0.429. The van der Waals surface area contributed by atoms with Crippen LogP contribution in [-0.2, 0) is 4.74 Å². The van der Waals surface area contributed by atoms with Crippen molar-refractivity contribution in [3.8, 4) is 0 Å². The van der Waals surface area contributed by atoms with Gasteiger partial charge in [-0.3, -0.25) is 19.7 Å². The molecule has 2 N–H and O–H groups in total. The summed E-state index contributed by atoms with van der Waals surface area (Å²) >= 11 is 0. The van der Waals surface area contributed by atoms with Crippen molar-refractivity contribution in [2.45, 2.75) is 50.7 Å². The highest BCUT2D eigenvalue weighted by Gasteiger charge is 2.46. The molecule has 6 rings (SSSR count). The molecule has 0 aliphatic carbocycles. The van der Waals surface area contributed by atoms with Crippen molar-refractivity contribution in [3.05, 3.63) is 59.2 Å². The molecule has 4 heterocycles. The zero-order valence-electron chi connectivity index (χ0n) is 21.0. The number of amides is 3. The van der Waals surface area contributed by atoms with E-state index in [4.69, 9.17) is 9.72 Å². The summed E-state index contributed by atoms with van der Waals surface area (Å²) in [4.78, 5) is 46.2. The molecule has 0 saturated carbocycles. The molecular formula is C28H31N5O4. The molecule has 2 aromatic carbocycles. The summed E-state index contributed by atoms with van der Waals surface area (Å²) in [5.74, 6) is -0.174. The fourth-order valence-electron chi connectivity index (χ4n) is 5.71. The largest absolute Gasteiger partial charge is 0.373 e. The summed E-state index contributed by atoms with van der Waals surface area (Å²) in [6, 6.07) is 12.2. The SMILES string of the molecule is C[C@@H]1CCCCNC(=O)c2cccc(c2)C(=O)Nc2nc3cccc(C(=O)N4CCC5(CCO5)C4)c3n21. The number of carbonyl (C=O) groups excluding carboxylic acids is 3. The topological polar surface area (TPSA) is 106 Å². The maximum Gasteiger partial charge on any atom is 0.257 e. The van der Waals surface area contributed by atoms with Gasteiger partial charge in [0, 0.05) is 36.7 Å². The van der Waals surface area contributed by atoms with E-state index in [-0.39, 0.29) is 29.4 Å². The number of nitrogens with one attached hydrogen (secondary N) is 2. The first kappa shape index (κ1) is 23.7. The Kier molecular flexibility index (Phi) is 5.95. The standard InChI is InChI=1S/C28H31N5O4/c1-18-6-2-3-13-29-24(34)19-7-4-8-20(16-19)25(35)31-27-30-22-10-5-9-21(23(22)33(18)27)26(36)32-14-11-28(17-32)12-15-37-28/h4-5,7-10,16,18H,2-3,6,11-15,17H2,1H3,(H,29,34)(H,30,31,35)/t18-,28?/m1/s1. The minimum Gasteiger partial charge on any atom is -0.373 e. The Morgan fingerprint density at radius 2 is 1.86 bits per heavy atom. The molecule has 1 spiro atoms. The van der Waals surface area contributed by atoms with E-state index in [1.165, 1.54) is 0 Å². The summed E-state index contributed by atoms with van der Waals surface area (Å²) in [5, 5.41) is 5.90. The zero-order chi connectivity index (χ0) is 25.6. The van der Waals surface area contributed by atoms with E-state index in [1.807, 2.05) is 27.7 Å². The highest BCUT2D eigenvalue weighted by Crippen LogP contribution is 2.37. The molecule has 3 aliphatic rings. The van der Waals surface area contributed by atoms with Crippen LogP contribution in [0.2, 0.25) is 0 Å². The molecule has 1 unspecified atom stereocenters. The number of anilines is 1. The summed E-state index contributed by atoms with van der Waals surface area (Å²) in [7, 11) is 0. The maximum atomic E-state index is 13.8. The molecule has 2 saturated heterocycles. The molecule has 9 heteroatoms. The Labute approximate surface area is 215 Å². The first-order chi connectivity index (χ1) is 17.9. The predicted octanol–water partition coefficient (Wildman–Crippen LogP) is 3.77. The van der Waals surface area contributed by atoms with Crippen molar-refractivity contribution in [2.75, 3.05) is 31.6 Å². The van der Waals surface area contributed by atoms with Crippen molar-refractivity contribution in [3.63, 3.8) is 0 Å². The molecule has 1 aromatic heterocycles. The van der Waals surface area contributed by atoms with Crippen LogP contribution < -0.4 is 10.6 Å². The number of hydrogen-bond donors (Lipinski definition) is 2. The Hall–Kier alpha value is -3.72. The highest BCUT2D eigenvalue weighted by atomic mass is 16.5. The smallest absolute Gasteiger partial charge is 0.257 e. The van der Waals surface area contributed by atoms with E-state index in [0.717, 1.165) is 44.2 Å². The van der Waals surface area contributed by atoms with Crippen LogP contribution in [0.1, 0.15) is 76.1 Å². The molecule has 2 fully saturated rings. The van der Waals surface area contributed by atoms with E-state index in [9.17, 15) is 14.4 Å². The van der Waals surface area contributed by atoms with Gasteiger partial charge in [-0.05, 0) is 62.9 Å². The minimum atomic E-state index is -0.355. The Morgan fingerprint density at radius 1 is 1.08 bits per heavy atom. The number of para-hydroxylation sites is 1. The van der Waals surface area contributed by atoms with Gasteiger partial charge in [0.1, 0.15) is 0 Å². The molecule has 2 atom stereocenters. The van der Waals surface area contributed by atoms with Gasteiger partial charge in [-0.25, -0.2) is 4.98 Å². The van der Waals surface area contributed by atoms with E-state index in [0.29, 0.717) is 47.8 Å². The van der Waals surface area contributed by atoms with Crippen LogP contribution in [0.3, 0.4) is 0 Å². The third kappa shape index (κ3) is 4.27. The lowest BCUT2D eigenvalue weighted by atomic mass is 9.94. The minimum absolute atomic E-state index is 0.0286. The summed E-state index contributed by atoms with van der Waals surface area (Å²) in [6.07, 6.45) is 4.36. The van der Waals surface area contributed by atoms with Crippen molar-refractivity contribution in [2.24, 2.45) is 0 Å². The van der Waals surface area contributed by atoms with Gasteiger partial charge in [0.25, 0.3) is 17.7 Å². The highest BCUT2D eigenvalue weighted by molar-refractivity contribution is 6.08. The van der Waals surface area contributed by atoms with Crippen molar-refractivity contribution in [1.82, 2.24) is 19.8 Å². The number of nitrogens with zero attached hydrogens (tertiary/aromatic N) is 3. The van der Waals surface area contributed by atoms with Gasteiger partial charge in [0.05, 0.1) is 35.3 Å². The third-order valence-corrected chi connectivity index (χ3v) is 7.90. The van der Waals surface area contributed by atoms with Gasteiger partial charge in [-0.1, -0.05) is 12.1 Å². The fourth-order valence-corrected chi connectivity index (χ4v) is 5.71. The lowest BCUT2D eigenvalue weighted by Crippen LogP contribution is -2.46. The molecular weight excluding hydrogens is 470 g/mol.